The Hall–Kier alpha value is -2.74. The van der Waals surface area contributed by atoms with Crippen molar-refractivity contribution in [2.45, 2.75) is 31.3 Å². The first kappa shape index (κ1) is 21.0. The van der Waals surface area contributed by atoms with Crippen molar-refractivity contribution in [3.8, 4) is 0 Å². The monoisotopic (exact) mass is 417 g/mol. The number of sulfonamides is 1. The molecule has 29 heavy (non-hydrogen) atoms. The minimum absolute atomic E-state index is 0.206. The Kier molecular flexibility index (Phi) is 6.02. The molecule has 0 aromatic heterocycles. The van der Waals surface area contributed by atoms with Gasteiger partial charge in [0.1, 0.15) is 5.60 Å². The summed E-state index contributed by atoms with van der Waals surface area (Å²) in [6, 6.07) is 15.6. The predicted molar refractivity (Wildman–Crippen MR) is 114 cm³/mol. The van der Waals surface area contributed by atoms with Gasteiger partial charge in [0.05, 0.1) is 4.90 Å². The topological polar surface area (TPSA) is 79.0 Å². The van der Waals surface area contributed by atoms with Gasteiger partial charge in [0.25, 0.3) is 10.0 Å². The third-order valence-electron chi connectivity index (χ3n) is 4.47. The Morgan fingerprint density at radius 1 is 0.931 bits per heavy atom. The van der Waals surface area contributed by atoms with Gasteiger partial charge >= 0.3 is 6.09 Å². The summed E-state index contributed by atoms with van der Waals surface area (Å²) in [5.74, 6) is 0. The summed E-state index contributed by atoms with van der Waals surface area (Å²) in [4.78, 5) is 16.2. The molecule has 3 rings (SSSR count). The summed E-state index contributed by atoms with van der Waals surface area (Å²) < 4.78 is 33.1. The average Bonchev–Trinajstić information content (AvgIpc) is 2.67. The van der Waals surface area contributed by atoms with Gasteiger partial charge < -0.3 is 14.5 Å². The molecule has 2 aromatic carbocycles. The van der Waals surface area contributed by atoms with E-state index in [0.29, 0.717) is 31.9 Å². The van der Waals surface area contributed by atoms with E-state index in [1.807, 2.05) is 26.8 Å². The minimum atomic E-state index is -3.64. The van der Waals surface area contributed by atoms with Gasteiger partial charge in [0.15, 0.2) is 0 Å². The number of para-hydroxylation sites is 1. The molecule has 8 heteroatoms. The fourth-order valence-corrected chi connectivity index (χ4v) is 4.09. The van der Waals surface area contributed by atoms with Crippen molar-refractivity contribution in [2.75, 3.05) is 35.8 Å². The van der Waals surface area contributed by atoms with Crippen LogP contribution in [0.3, 0.4) is 0 Å². The lowest BCUT2D eigenvalue weighted by molar-refractivity contribution is 0.0240. The molecule has 7 nitrogen and oxygen atoms in total. The van der Waals surface area contributed by atoms with Crippen molar-refractivity contribution in [3.63, 3.8) is 0 Å². The third-order valence-corrected chi connectivity index (χ3v) is 5.87. The molecule has 1 fully saturated rings. The number of nitrogens with zero attached hydrogens (tertiary/aromatic N) is 2. The fraction of sp³-hybridized carbons (Fsp3) is 0.381. The zero-order valence-corrected chi connectivity index (χ0v) is 17.8. The summed E-state index contributed by atoms with van der Waals surface area (Å²) in [5.41, 5.74) is 0.936. The van der Waals surface area contributed by atoms with Crippen molar-refractivity contribution in [2.24, 2.45) is 0 Å². The van der Waals surface area contributed by atoms with Gasteiger partial charge in [0, 0.05) is 37.6 Å². The van der Waals surface area contributed by atoms with E-state index in [1.165, 1.54) is 0 Å². The van der Waals surface area contributed by atoms with Gasteiger partial charge in [-0.1, -0.05) is 18.2 Å². The highest BCUT2D eigenvalue weighted by atomic mass is 32.2. The normalized spacial score (nSPS) is 15.1. The van der Waals surface area contributed by atoms with E-state index in [-0.39, 0.29) is 11.0 Å². The van der Waals surface area contributed by atoms with Gasteiger partial charge in [-0.25, -0.2) is 13.2 Å². The van der Waals surface area contributed by atoms with Gasteiger partial charge in [-0.3, -0.25) is 4.72 Å². The second kappa shape index (κ2) is 8.32. The molecule has 1 saturated heterocycles. The van der Waals surface area contributed by atoms with E-state index in [1.54, 1.807) is 53.4 Å². The molecular formula is C21H27N3O4S. The highest BCUT2D eigenvalue weighted by Crippen LogP contribution is 2.22. The Bertz CT molecular complexity index is 930. The maximum atomic E-state index is 12.5. The van der Waals surface area contributed by atoms with Crippen molar-refractivity contribution in [1.82, 2.24) is 4.90 Å². The van der Waals surface area contributed by atoms with Crippen molar-refractivity contribution in [1.29, 1.82) is 0 Å². The standard InChI is InChI=1S/C21H27N3O4S/c1-21(2,3)28-20(25)24-15-13-23(14-16-24)18-9-11-19(12-10-18)29(26,27)22-17-7-5-4-6-8-17/h4-12,22H,13-16H2,1-3H3. The molecule has 0 saturated carbocycles. The minimum Gasteiger partial charge on any atom is -0.444 e. The van der Waals surface area contributed by atoms with E-state index < -0.39 is 15.6 Å². The molecule has 1 amide bonds. The van der Waals surface area contributed by atoms with Crippen LogP contribution in [-0.4, -0.2) is 51.2 Å². The maximum Gasteiger partial charge on any atom is 0.410 e. The number of amides is 1. The Morgan fingerprint density at radius 3 is 2.07 bits per heavy atom. The SMILES string of the molecule is CC(C)(C)OC(=O)N1CCN(c2ccc(S(=O)(=O)Nc3ccccc3)cc2)CC1. The third kappa shape index (κ3) is 5.63. The lowest BCUT2D eigenvalue weighted by atomic mass is 10.2. The van der Waals surface area contributed by atoms with Crippen LogP contribution in [0, 0.1) is 0 Å². The van der Waals surface area contributed by atoms with Crippen LogP contribution in [0.5, 0.6) is 0 Å². The molecule has 0 radical (unpaired) electrons. The zero-order chi connectivity index (χ0) is 21.1. The maximum absolute atomic E-state index is 12.5. The molecule has 1 N–H and O–H groups in total. The number of hydrogen-bond acceptors (Lipinski definition) is 5. The molecule has 1 heterocycles. The summed E-state index contributed by atoms with van der Waals surface area (Å²) >= 11 is 0. The lowest BCUT2D eigenvalue weighted by Gasteiger charge is -2.36. The van der Waals surface area contributed by atoms with Crippen molar-refractivity contribution < 1.29 is 17.9 Å². The first-order chi connectivity index (χ1) is 13.6. The Balaban J connectivity index is 1.60. The first-order valence-electron chi connectivity index (χ1n) is 9.55. The lowest BCUT2D eigenvalue weighted by Crippen LogP contribution is -2.50. The van der Waals surface area contributed by atoms with Crippen LogP contribution in [0.15, 0.2) is 59.5 Å². The van der Waals surface area contributed by atoms with E-state index in [4.69, 9.17) is 4.74 Å². The molecule has 1 aliphatic rings. The van der Waals surface area contributed by atoms with Gasteiger partial charge in [0.2, 0.25) is 0 Å². The number of piperazine rings is 1. The first-order valence-corrected chi connectivity index (χ1v) is 11.0. The number of carbonyl (C=O) groups is 1. The second-order valence-corrected chi connectivity index (χ2v) is 9.60. The predicted octanol–water partition coefficient (Wildman–Crippen LogP) is 3.54. The summed E-state index contributed by atoms with van der Waals surface area (Å²) in [7, 11) is -3.64. The number of nitrogens with one attached hydrogen (secondary N) is 1. The summed E-state index contributed by atoms with van der Waals surface area (Å²) in [5, 5.41) is 0. The van der Waals surface area contributed by atoms with Crippen LogP contribution in [0.4, 0.5) is 16.2 Å². The molecule has 156 valence electrons. The number of hydrogen-bond donors (Lipinski definition) is 1. The van der Waals surface area contributed by atoms with Crippen LogP contribution >= 0.6 is 0 Å². The van der Waals surface area contributed by atoms with Crippen LogP contribution in [0.2, 0.25) is 0 Å². The molecule has 0 unspecified atom stereocenters. The largest absolute Gasteiger partial charge is 0.444 e. The van der Waals surface area contributed by atoms with Gasteiger partial charge in [-0.05, 0) is 57.2 Å². The summed E-state index contributed by atoms with van der Waals surface area (Å²) in [6.07, 6.45) is -0.300. The molecule has 0 aliphatic carbocycles. The van der Waals surface area contributed by atoms with Crippen LogP contribution < -0.4 is 9.62 Å². The smallest absolute Gasteiger partial charge is 0.410 e. The van der Waals surface area contributed by atoms with Gasteiger partial charge in [-0.15, -0.1) is 0 Å². The number of rotatable bonds is 4. The molecule has 0 spiro atoms. The number of ether oxygens (including phenoxy) is 1. The Morgan fingerprint density at radius 2 is 1.52 bits per heavy atom. The Labute approximate surface area is 172 Å². The summed E-state index contributed by atoms with van der Waals surface area (Å²) in [6.45, 7) is 7.99. The molecule has 0 atom stereocenters. The molecule has 1 aliphatic heterocycles. The van der Waals surface area contributed by atoms with E-state index >= 15 is 0 Å². The quantitative estimate of drug-likeness (QED) is 0.823. The van der Waals surface area contributed by atoms with E-state index in [2.05, 4.69) is 9.62 Å². The zero-order valence-electron chi connectivity index (χ0n) is 17.0. The van der Waals surface area contributed by atoms with Gasteiger partial charge in [-0.2, -0.15) is 0 Å². The van der Waals surface area contributed by atoms with Crippen molar-refractivity contribution >= 4 is 27.5 Å². The van der Waals surface area contributed by atoms with Crippen LogP contribution in [-0.2, 0) is 14.8 Å². The number of carbonyl (C=O) groups excluding carboxylic acids is 1. The van der Waals surface area contributed by atoms with E-state index in [0.717, 1.165) is 5.69 Å². The second-order valence-electron chi connectivity index (χ2n) is 7.92. The highest BCUT2D eigenvalue weighted by Gasteiger charge is 2.26. The van der Waals surface area contributed by atoms with Crippen LogP contribution in [0.25, 0.3) is 0 Å². The molecule has 0 bridgehead atoms. The molecule has 2 aromatic rings. The van der Waals surface area contributed by atoms with Crippen LogP contribution in [0.1, 0.15) is 20.8 Å². The fourth-order valence-electron chi connectivity index (χ4n) is 3.03. The van der Waals surface area contributed by atoms with Crippen molar-refractivity contribution in [3.05, 3.63) is 54.6 Å². The average molecular weight is 418 g/mol. The van der Waals surface area contributed by atoms with E-state index in [9.17, 15) is 13.2 Å². The number of anilines is 2. The highest BCUT2D eigenvalue weighted by molar-refractivity contribution is 7.92. The molecular weight excluding hydrogens is 390 g/mol. The number of benzene rings is 2.